The topological polar surface area (TPSA) is 20.3 Å². The lowest BCUT2D eigenvalue weighted by Gasteiger charge is -2.18. The molecule has 0 aliphatic rings. The lowest BCUT2D eigenvalue weighted by atomic mass is 10.2. The molecule has 0 aliphatic heterocycles. The van der Waals surface area contributed by atoms with Gasteiger partial charge in [-0.25, -0.2) is 0 Å². The standard InChI is InChI=1S/C11H14NO/c1-3-12(4-2)11(13)10-8-6-5-7-9-10/h5-6,8-9H,3-4H2,1-2H3. The quantitative estimate of drug-likeness (QED) is 0.689. The Morgan fingerprint density at radius 3 is 2.62 bits per heavy atom. The zero-order valence-corrected chi connectivity index (χ0v) is 8.08. The van der Waals surface area contributed by atoms with Crippen LogP contribution in [0.4, 0.5) is 0 Å². The highest BCUT2D eigenvalue weighted by molar-refractivity contribution is 5.94. The summed E-state index contributed by atoms with van der Waals surface area (Å²) in [5.41, 5.74) is 0.714. The molecule has 2 heteroatoms. The molecule has 0 atom stereocenters. The molecule has 1 aromatic rings. The molecule has 69 valence electrons. The molecule has 0 fully saturated rings. The highest BCUT2D eigenvalue weighted by Gasteiger charge is 2.10. The molecular weight excluding hydrogens is 162 g/mol. The Labute approximate surface area is 79.2 Å². The van der Waals surface area contributed by atoms with Crippen molar-refractivity contribution in [2.75, 3.05) is 13.1 Å². The normalized spacial score (nSPS) is 9.69. The van der Waals surface area contributed by atoms with Crippen LogP contribution in [-0.4, -0.2) is 23.9 Å². The van der Waals surface area contributed by atoms with Crippen molar-refractivity contribution in [3.63, 3.8) is 0 Å². The van der Waals surface area contributed by atoms with Gasteiger partial charge in [-0.2, -0.15) is 0 Å². The molecule has 0 unspecified atom stereocenters. The fourth-order valence-electron chi connectivity index (χ4n) is 1.22. The van der Waals surface area contributed by atoms with Gasteiger partial charge in [0.2, 0.25) is 0 Å². The second-order valence-electron chi connectivity index (χ2n) is 2.77. The Balaban J connectivity index is 2.78. The molecule has 0 aromatic heterocycles. The molecule has 0 aliphatic carbocycles. The Bertz CT molecular complexity index is 265. The number of benzene rings is 1. The molecule has 1 aromatic carbocycles. The van der Waals surface area contributed by atoms with Crippen molar-refractivity contribution >= 4 is 5.91 Å². The molecule has 0 bridgehead atoms. The molecule has 2 nitrogen and oxygen atoms in total. The molecule has 0 spiro atoms. The zero-order chi connectivity index (χ0) is 9.68. The summed E-state index contributed by atoms with van der Waals surface area (Å²) in [6.07, 6.45) is 0. The molecule has 0 N–H and O–H groups in total. The third kappa shape index (κ3) is 2.31. The van der Waals surface area contributed by atoms with Crippen LogP contribution in [0.15, 0.2) is 24.3 Å². The Hall–Kier alpha value is -1.31. The summed E-state index contributed by atoms with van der Waals surface area (Å²) < 4.78 is 0. The number of rotatable bonds is 3. The van der Waals surface area contributed by atoms with Crippen LogP contribution in [0, 0.1) is 6.07 Å². The van der Waals surface area contributed by atoms with Crippen LogP contribution in [0.3, 0.4) is 0 Å². The minimum absolute atomic E-state index is 0.0850. The second kappa shape index (κ2) is 4.65. The van der Waals surface area contributed by atoms with Crippen molar-refractivity contribution in [3.05, 3.63) is 35.9 Å². The van der Waals surface area contributed by atoms with Gasteiger partial charge in [0.1, 0.15) is 0 Å². The van der Waals surface area contributed by atoms with E-state index in [1.54, 1.807) is 17.0 Å². The Morgan fingerprint density at radius 2 is 2.15 bits per heavy atom. The van der Waals surface area contributed by atoms with Crippen LogP contribution in [0.5, 0.6) is 0 Å². The van der Waals surface area contributed by atoms with Crippen LogP contribution < -0.4 is 0 Å². The van der Waals surface area contributed by atoms with Gasteiger partial charge in [-0.15, -0.1) is 0 Å². The van der Waals surface area contributed by atoms with E-state index in [0.29, 0.717) is 5.56 Å². The molecule has 0 saturated heterocycles. The van der Waals surface area contributed by atoms with Gasteiger partial charge in [0.25, 0.3) is 5.91 Å². The summed E-state index contributed by atoms with van der Waals surface area (Å²) in [6.45, 7) is 5.47. The minimum Gasteiger partial charge on any atom is -0.339 e. The zero-order valence-electron chi connectivity index (χ0n) is 8.08. The van der Waals surface area contributed by atoms with Gasteiger partial charge in [0, 0.05) is 18.7 Å². The Morgan fingerprint density at radius 1 is 1.46 bits per heavy atom. The molecule has 1 radical (unpaired) electrons. The van der Waals surface area contributed by atoms with E-state index >= 15 is 0 Å². The van der Waals surface area contributed by atoms with Crippen LogP contribution >= 0.6 is 0 Å². The van der Waals surface area contributed by atoms with Gasteiger partial charge in [-0.05, 0) is 32.0 Å². The van der Waals surface area contributed by atoms with E-state index in [1.807, 2.05) is 26.0 Å². The SMILES string of the molecule is CCN(CC)C(=O)c1c[c]ccc1. The second-order valence-corrected chi connectivity index (χ2v) is 2.77. The smallest absolute Gasteiger partial charge is 0.253 e. The van der Waals surface area contributed by atoms with E-state index in [-0.39, 0.29) is 5.91 Å². The molecule has 1 amide bonds. The summed E-state index contributed by atoms with van der Waals surface area (Å²) in [5, 5.41) is 0. The number of hydrogen-bond acceptors (Lipinski definition) is 1. The predicted octanol–water partition coefficient (Wildman–Crippen LogP) is 1.97. The number of nitrogens with zero attached hydrogens (tertiary/aromatic N) is 1. The van der Waals surface area contributed by atoms with E-state index < -0.39 is 0 Å². The summed E-state index contributed by atoms with van der Waals surface area (Å²) in [6, 6.07) is 10.1. The van der Waals surface area contributed by atoms with Crippen LogP contribution in [-0.2, 0) is 0 Å². The maximum absolute atomic E-state index is 11.7. The number of amides is 1. The number of carbonyl (C=O) groups excluding carboxylic acids is 1. The lowest BCUT2D eigenvalue weighted by Crippen LogP contribution is -2.30. The fraction of sp³-hybridized carbons (Fsp3) is 0.364. The largest absolute Gasteiger partial charge is 0.339 e. The van der Waals surface area contributed by atoms with E-state index in [4.69, 9.17) is 0 Å². The molecule has 13 heavy (non-hydrogen) atoms. The van der Waals surface area contributed by atoms with Gasteiger partial charge < -0.3 is 4.90 Å². The van der Waals surface area contributed by atoms with Crippen LogP contribution in [0.25, 0.3) is 0 Å². The number of hydrogen-bond donors (Lipinski definition) is 0. The van der Waals surface area contributed by atoms with E-state index in [9.17, 15) is 4.79 Å². The molecule has 1 rings (SSSR count). The highest BCUT2D eigenvalue weighted by atomic mass is 16.2. The summed E-state index contributed by atoms with van der Waals surface area (Å²) in [4.78, 5) is 13.5. The first-order chi connectivity index (χ1) is 6.29. The summed E-state index contributed by atoms with van der Waals surface area (Å²) >= 11 is 0. The lowest BCUT2D eigenvalue weighted by molar-refractivity contribution is 0.0773. The first kappa shape index (κ1) is 9.78. The van der Waals surface area contributed by atoms with Crippen molar-refractivity contribution in [1.82, 2.24) is 4.90 Å². The van der Waals surface area contributed by atoms with Gasteiger partial charge in [0.15, 0.2) is 0 Å². The molecule has 0 heterocycles. The first-order valence-electron chi connectivity index (χ1n) is 4.55. The summed E-state index contributed by atoms with van der Waals surface area (Å²) in [5.74, 6) is 0.0850. The van der Waals surface area contributed by atoms with Gasteiger partial charge in [-0.3, -0.25) is 4.79 Å². The molecular formula is C11H14NO. The third-order valence-corrected chi connectivity index (χ3v) is 2.00. The van der Waals surface area contributed by atoms with Crippen LogP contribution in [0.2, 0.25) is 0 Å². The van der Waals surface area contributed by atoms with Crippen molar-refractivity contribution in [3.8, 4) is 0 Å². The average molecular weight is 176 g/mol. The number of carbonyl (C=O) groups is 1. The maximum atomic E-state index is 11.7. The van der Waals surface area contributed by atoms with Crippen molar-refractivity contribution in [2.45, 2.75) is 13.8 Å². The Kier molecular flexibility index (Phi) is 3.50. The fourth-order valence-corrected chi connectivity index (χ4v) is 1.22. The van der Waals surface area contributed by atoms with Crippen molar-refractivity contribution in [2.24, 2.45) is 0 Å². The average Bonchev–Trinajstić information content (AvgIpc) is 2.21. The third-order valence-electron chi connectivity index (χ3n) is 2.00. The van der Waals surface area contributed by atoms with Gasteiger partial charge in [0.05, 0.1) is 0 Å². The van der Waals surface area contributed by atoms with E-state index in [1.165, 1.54) is 0 Å². The van der Waals surface area contributed by atoms with Crippen molar-refractivity contribution < 1.29 is 4.79 Å². The van der Waals surface area contributed by atoms with Gasteiger partial charge in [-0.1, -0.05) is 12.1 Å². The highest BCUT2D eigenvalue weighted by Crippen LogP contribution is 2.03. The van der Waals surface area contributed by atoms with E-state index in [2.05, 4.69) is 6.07 Å². The summed E-state index contributed by atoms with van der Waals surface area (Å²) in [7, 11) is 0. The van der Waals surface area contributed by atoms with Crippen molar-refractivity contribution in [1.29, 1.82) is 0 Å². The maximum Gasteiger partial charge on any atom is 0.253 e. The van der Waals surface area contributed by atoms with E-state index in [0.717, 1.165) is 13.1 Å². The van der Waals surface area contributed by atoms with Crippen LogP contribution in [0.1, 0.15) is 24.2 Å². The minimum atomic E-state index is 0.0850. The van der Waals surface area contributed by atoms with Gasteiger partial charge >= 0.3 is 0 Å². The molecule has 0 saturated carbocycles. The monoisotopic (exact) mass is 176 g/mol. The first-order valence-corrected chi connectivity index (χ1v) is 4.55. The predicted molar refractivity (Wildman–Crippen MR) is 52.5 cm³/mol.